The van der Waals surface area contributed by atoms with Gasteiger partial charge >= 0.3 is 0 Å². The van der Waals surface area contributed by atoms with Crippen LogP contribution in [0, 0.1) is 12.7 Å². The van der Waals surface area contributed by atoms with Crippen LogP contribution < -0.4 is 5.73 Å². The van der Waals surface area contributed by atoms with Gasteiger partial charge in [0.2, 0.25) is 0 Å². The number of fused-ring (bicyclic) bond motifs is 1. The van der Waals surface area contributed by atoms with Gasteiger partial charge in [-0.2, -0.15) is 0 Å². The van der Waals surface area contributed by atoms with Gasteiger partial charge in [0.05, 0.1) is 0 Å². The molecule has 0 aliphatic carbocycles. The Labute approximate surface area is 117 Å². The van der Waals surface area contributed by atoms with Gasteiger partial charge < -0.3 is 10.7 Å². The summed E-state index contributed by atoms with van der Waals surface area (Å²) in [6, 6.07) is 15.0. The first-order valence-electron chi connectivity index (χ1n) is 6.73. The number of halogens is 1. The molecule has 0 aliphatic heterocycles. The molecule has 0 saturated carbocycles. The molecule has 2 aromatic carbocycles. The van der Waals surface area contributed by atoms with Crippen LogP contribution in [0.25, 0.3) is 10.9 Å². The van der Waals surface area contributed by atoms with Crippen LogP contribution in [0.1, 0.15) is 22.7 Å². The van der Waals surface area contributed by atoms with Gasteiger partial charge in [0.15, 0.2) is 0 Å². The Balaban J connectivity index is 2.15. The van der Waals surface area contributed by atoms with Gasteiger partial charge in [0.25, 0.3) is 0 Å². The summed E-state index contributed by atoms with van der Waals surface area (Å²) in [5, 5.41) is 1.05. The van der Waals surface area contributed by atoms with Crippen molar-refractivity contribution in [1.29, 1.82) is 0 Å². The topological polar surface area (TPSA) is 41.8 Å². The van der Waals surface area contributed by atoms with E-state index in [-0.39, 0.29) is 11.7 Å². The van der Waals surface area contributed by atoms with Gasteiger partial charge in [0, 0.05) is 29.1 Å². The summed E-state index contributed by atoms with van der Waals surface area (Å²) in [6.45, 7) is 2.57. The molecule has 0 fully saturated rings. The lowest BCUT2D eigenvalue weighted by atomic mass is 9.93. The molecule has 2 nitrogen and oxygen atoms in total. The second-order valence-electron chi connectivity index (χ2n) is 5.05. The third-order valence-corrected chi connectivity index (χ3v) is 3.85. The molecule has 3 heteroatoms. The Morgan fingerprint density at radius 3 is 2.60 bits per heavy atom. The Morgan fingerprint density at radius 2 is 1.90 bits per heavy atom. The first-order valence-corrected chi connectivity index (χ1v) is 6.73. The van der Waals surface area contributed by atoms with Crippen LogP contribution in [0.15, 0.2) is 48.5 Å². The summed E-state index contributed by atoms with van der Waals surface area (Å²) in [4.78, 5) is 3.33. The van der Waals surface area contributed by atoms with Crippen molar-refractivity contribution in [2.45, 2.75) is 12.8 Å². The second kappa shape index (κ2) is 5.10. The molecule has 0 amide bonds. The Bertz CT molecular complexity index is 731. The first kappa shape index (κ1) is 12.9. The smallest absolute Gasteiger partial charge is 0.125 e. The predicted octanol–water partition coefficient (Wildman–Crippen LogP) is 3.71. The number of aryl methyl sites for hydroxylation is 1. The zero-order valence-corrected chi connectivity index (χ0v) is 11.4. The minimum Gasteiger partial charge on any atom is -0.358 e. The fourth-order valence-electron chi connectivity index (χ4n) is 2.79. The number of benzene rings is 2. The number of aromatic amines is 1. The number of aromatic nitrogens is 1. The molecular formula is C17H17FN2. The molecule has 0 saturated heterocycles. The highest BCUT2D eigenvalue weighted by Crippen LogP contribution is 2.31. The van der Waals surface area contributed by atoms with Gasteiger partial charge in [0.1, 0.15) is 5.82 Å². The molecular weight excluding hydrogens is 251 g/mol. The molecule has 102 valence electrons. The Kier molecular flexibility index (Phi) is 3.28. The molecule has 3 N–H and O–H groups in total. The average molecular weight is 268 g/mol. The zero-order valence-electron chi connectivity index (χ0n) is 11.4. The second-order valence-corrected chi connectivity index (χ2v) is 5.05. The number of rotatable bonds is 3. The SMILES string of the molecule is Cc1c(C(CN)c2ccccc2)[nH]c2cc(F)ccc12. The maximum absolute atomic E-state index is 13.3. The normalized spacial score (nSPS) is 12.8. The van der Waals surface area contributed by atoms with Crippen molar-refractivity contribution in [3.05, 3.63) is 71.2 Å². The van der Waals surface area contributed by atoms with Crippen molar-refractivity contribution in [2.24, 2.45) is 5.73 Å². The van der Waals surface area contributed by atoms with Gasteiger partial charge in [-0.15, -0.1) is 0 Å². The fraction of sp³-hybridized carbons (Fsp3) is 0.176. The zero-order chi connectivity index (χ0) is 14.1. The summed E-state index contributed by atoms with van der Waals surface area (Å²) in [5.41, 5.74) is 10.2. The molecule has 20 heavy (non-hydrogen) atoms. The van der Waals surface area contributed by atoms with Gasteiger partial charge in [-0.1, -0.05) is 30.3 Å². The van der Waals surface area contributed by atoms with Gasteiger partial charge in [-0.05, 0) is 36.2 Å². The number of hydrogen-bond donors (Lipinski definition) is 2. The van der Waals surface area contributed by atoms with Crippen molar-refractivity contribution < 1.29 is 4.39 Å². The summed E-state index contributed by atoms with van der Waals surface area (Å²) < 4.78 is 13.3. The third kappa shape index (κ3) is 2.10. The van der Waals surface area contributed by atoms with E-state index in [0.29, 0.717) is 6.54 Å². The lowest BCUT2D eigenvalue weighted by molar-refractivity contribution is 0.629. The highest BCUT2D eigenvalue weighted by molar-refractivity contribution is 5.84. The van der Waals surface area contributed by atoms with E-state index < -0.39 is 0 Å². The molecule has 0 bridgehead atoms. The van der Waals surface area contributed by atoms with Gasteiger partial charge in [-0.3, -0.25) is 0 Å². The lowest BCUT2D eigenvalue weighted by Gasteiger charge is -2.15. The van der Waals surface area contributed by atoms with E-state index in [1.54, 1.807) is 0 Å². The molecule has 1 atom stereocenters. The molecule has 0 spiro atoms. The maximum atomic E-state index is 13.3. The van der Waals surface area contributed by atoms with Crippen LogP contribution in [0.2, 0.25) is 0 Å². The molecule has 1 aromatic heterocycles. The largest absolute Gasteiger partial charge is 0.358 e. The molecule has 0 aliphatic rings. The van der Waals surface area contributed by atoms with Crippen LogP contribution in [0.4, 0.5) is 4.39 Å². The number of H-pyrrole nitrogens is 1. The third-order valence-electron chi connectivity index (χ3n) is 3.85. The van der Waals surface area contributed by atoms with E-state index in [4.69, 9.17) is 5.73 Å². The van der Waals surface area contributed by atoms with E-state index in [0.717, 1.165) is 22.2 Å². The quantitative estimate of drug-likeness (QED) is 0.747. The molecule has 1 heterocycles. The summed E-state index contributed by atoms with van der Waals surface area (Å²) in [5.74, 6) is -0.124. The van der Waals surface area contributed by atoms with Crippen LogP contribution in [-0.2, 0) is 0 Å². The maximum Gasteiger partial charge on any atom is 0.125 e. The van der Waals surface area contributed by atoms with Crippen LogP contribution in [0.3, 0.4) is 0 Å². The van der Waals surface area contributed by atoms with Crippen molar-refractivity contribution in [3.63, 3.8) is 0 Å². The van der Waals surface area contributed by atoms with Crippen molar-refractivity contribution in [2.75, 3.05) is 6.54 Å². The fourth-order valence-corrected chi connectivity index (χ4v) is 2.79. The number of nitrogens with one attached hydrogen (secondary N) is 1. The predicted molar refractivity (Wildman–Crippen MR) is 80.3 cm³/mol. The monoisotopic (exact) mass is 268 g/mol. The minimum absolute atomic E-state index is 0.103. The van der Waals surface area contributed by atoms with E-state index in [1.165, 1.54) is 17.7 Å². The lowest BCUT2D eigenvalue weighted by Crippen LogP contribution is -2.15. The standard InChI is InChI=1S/C17H17FN2/c1-11-14-8-7-13(18)9-16(14)20-17(11)15(10-19)12-5-3-2-4-6-12/h2-9,15,20H,10,19H2,1H3. The summed E-state index contributed by atoms with van der Waals surface area (Å²) >= 11 is 0. The number of nitrogens with two attached hydrogens (primary N) is 1. The van der Waals surface area contributed by atoms with Crippen molar-refractivity contribution >= 4 is 10.9 Å². The molecule has 0 radical (unpaired) electrons. The molecule has 3 rings (SSSR count). The summed E-state index contributed by atoms with van der Waals surface area (Å²) in [6.07, 6.45) is 0. The van der Waals surface area contributed by atoms with Crippen LogP contribution in [0.5, 0.6) is 0 Å². The van der Waals surface area contributed by atoms with E-state index >= 15 is 0 Å². The van der Waals surface area contributed by atoms with Crippen LogP contribution >= 0.6 is 0 Å². The highest BCUT2D eigenvalue weighted by Gasteiger charge is 2.18. The summed E-state index contributed by atoms with van der Waals surface area (Å²) in [7, 11) is 0. The average Bonchev–Trinajstić information content (AvgIpc) is 2.78. The minimum atomic E-state index is -0.227. The van der Waals surface area contributed by atoms with Crippen molar-refractivity contribution in [1.82, 2.24) is 4.98 Å². The highest BCUT2D eigenvalue weighted by atomic mass is 19.1. The van der Waals surface area contributed by atoms with E-state index in [2.05, 4.69) is 24.0 Å². The van der Waals surface area contributed by atoms with Crippen LogP contribution in [-0.4, -0.2) is 11.5 Å². The molecule has 1 unspecified atom stereocenters. The van der Waals surface area contributed by atoms with E-state index in [9.17, 15) is 4.39 Å². The molecule has 3 aromatic rings. The van der Waals surface area contributed by atoms with E-state index in [1.807, 2.05) is 24.3 Å². The van der Waals surface area contributed by atoms with Crippen molar-refractivity contribution in [3.8, 4) is 0 Å². The first-order chi connectivity index (χ1) is 9.70. The number of hydrogen-bond acceptors (Lipinski definition) is 1. The Hall–Kier alpha value is -2.13. The van der Waals surface area contributed by atoms with Gasteiger partial charge in [-0.25, -0.2) is 4.39 Å². The Morgan fingerprint density at radius 1 is 1.15 bits per heavy atom.